The van der Waals surface area contributed by atoms with E-state index in [1.165, 1.54) is 17.5 Å². The summed E-state index contributed by atoms with van der Waals surface area (Å²) in [7, 11) is 0.990. The minimum Gasteiger partial charge on any atom is -0.381 e. The summed E-state index contributed by atoms with van der Waals surface area (Å²) in [4.78, 5) is 4.92. The average Bonchev–Trinajstić information content (AvgIpc) is 3.01. The summed E-state index contributed by atoms with van der Waals surface area (Å²) < 4.78 is 33.4. The molecule has 0 aromatic carbocycles. The Kier molecular flexibility index (Phi) is 7.72. The highest BCUT2D eigenvalue weighted by Crippen LogP contribution is 2.24. The Morgan fingerprint density at radius 3 is 2.55 bits per heavy atom. The first kappa shape index (κ1) is 22.7. The number of likely N-dealkylation sites (N-methyl/N-ethyl adjacent to an activating group) is 1. The Balaban J connectivity index is 1.64. The van der Waals surface area contributed by atoms with E-state index >= 15 is 0 Å². The van der Waals surface area contributed by atoms with Gasteiger partial charge in [0, 0.05) is 76.3 Å². The van der Waals surface area contributed by atoms with Gasteiger partial charge in [-0.1, -0.05) is 0 Å². The van der Waals surface area contributed by atoms with Crippen molar-refractivity contribution in [2.45, 2.75) is 51.2 Å². The van der Waals surface area contributed by atoms with Gasteiger partial charge in [-0.25, -0.2) is 12.7 Å². The Bertz CT molecular complexity index is 760. The number of ether oxygens (including phenoxy) is 1. The van der Waals surface area contributed by atoms with Crippen LogP contribution in [0.2, 0.25) is 0 Å². The summed E-state index contributed by atoms with van der Waals surface area (Å²) in [5, 5.41) is 4.35. The van der Waals surface area contributed by atoms with Crippen molar-refractivity contribution in [2.24, 2.45) is 7.05 Å². The zero-order valence-corrected chi connectivity index (χ0v) is 19.2. The van der Waals surface area contributed by atoms with Crippen LogP contribution in [-0.2, 0) is 28.4 Å². The molecule has 0 spiro atoms. The van der Waals surface area contributed by atoms with E-state index in [2.05, 4.69) is 28.9 Å². The SMILES string of the molecule is Cc1c(CN(C)CCN(C2CCOCC2)C2CCCN(S(C)(=O)=O)C2)cnn1C. The highest BCUT2D eigenvalue weighted by Gasteiger charge is 2.33. The zero-order valence-electron chi connectivity index (χ0n) is 18.4. The molecule has 3 heterocycles. The minimum atomic E-state index is -3.14. The third-order valence-corrected chi connectivity index (χ3v) is 7.74. The number of rotatable bonds is 8. The number of nitrogens with zero attached hydrogens (tertiary/aromatic N) is 5. The van der Waals surface area contributed by atoms with Crippen molar-refractivity contribution in [2.75, 3.05) is 52.7 Å². The normalized spacial score (nSPS) is 22.6. The largest absolute Gasteiger partial charge is 0.381 e. The maximum atomic E-state index is 12.1. The van der Waals surface area contributed by atoms with Gasteiger partial charge >= 0.3 is 0 Å². The van der Waals surface area contributed by atoms with Gasteiger partial charge in [0.15, 0.2) is 0 Å². The molecule has 8 nitrogen and oxygen atoms in total. The lowest BCUT2D eigenvalue weighted by Crippen LogP contribution is -2.55. The van der Waals surface area contributed by atoms with Gasteiger partial charge in [0.25, 0.3) is 0 Å². The summed E-state index contributed by atoms with van der Waals surface area (Å²) >= 11 is 0. The maximum absolute atomic E-state index is 12.1. The topological polar surface area (TPSA) is 70.9 Å². The standard InChI is InChI=1S/C20H37N5O3S/c1-17-18(14-21-23(17)3)15-22(2)10-11-25(19-7-12-28-13-8-19)20-6-5-9-24(16-20)29(4,26)27/h14,19-20H,5-13,15-16H2,1-4H3. The molecule has 1 aromatic rings. The van der Waals surface area contributed by atoms with E-state index in [1.807, 2.05) is 17.9 Å². The van der Waals surface area contributed by atoms with Gasteiger partial charge < -0.3 is 9.64 Å². The molecule has 0 bridgehead atoms. The quantitative estimate of drug-likeness (QED) is 0.618. The molecule has 1 unspecified atom stereocenters. The predicted molar refractivity (Wildman–Crippen MR) is 114 cm³/mol. The molecule has 9 heteroatoms. The molecule has 0 radical (unpaired) electrons. The fourth-order valence-corrected chi connectivity index (χ4v) is 5.43. The van der Waals surface area contributed by atoms with E-state index in [9.17, 15) is 8.42 Å². The second-order valence-electron chi connectivity index (χ2n) is 8.62. The molecule has 2 aliphatic rings. The third kappa shape index (κ3) is 6.01. The van der Waals surface area contributed by atoms with E-state index < -0.39 is 10.0 Å². The molecule has 0 amide bonds. The Hall–Kier alpha value is -1.00. The molecular formula is C20H37N5O3S. The second-order valence-corrected chi connectivity index (χ2v) is 10.6. The first-order valence-electron chi connectivity index (χ1n) is 10.7. The lowest BCUT2D eigenvalue weighted by Gasteiger charge is -2.44. The predicted octanol–water partition coefficient (Wildman–Crippen LogP) is 1.07. The van der Waals surface area contributed by atoms with Crippen LogP contribution in [0.1, 0.15) is 36.9 Å². The monoisotopic (exact) mass is 427 g/mol. The van der Waals surface area contributed by atoms with E-state index in [4.69, 9.17) is 4.74 Å². The Labute approximate surface area is 175 Å². The summed E-state index contributed by atoms with van der Waals surface area (Å²) in [6.07, 6.45) is 7.34. The molecule has 2 aliphatic heterocycles. The number of sulfonamides is 1. The number of aromatic nitrogens is 2. The van der Waals surface area contributed by atoms with Gasteiger partial charge in [0.05, 0.1) is 12.5 Å². The van der Waals surface area contributed by atoms with Crippen LogP contribution in [0.5, 0.6) is 0 Å². The molecule has 0 N–H and O–H groups in total. The molecule has 0 saturated carbocycles. The fraction of sp³-hybridized carbons (Fsp3) is 0.850. The molecule has 2 saturated heterocycles. The molecule has 1 atom stereocenters. The molecule has 166 valence electrons. The van der Waals surface area contributed by atoms with Crippen LogP contribution >= 0.6 is 0 Å². The van der Waals surface area contributed by atoms with Crippen molar-refractivity contribution in [3.8, 4) is 0 Å². The van der Waals surface area contributed by atoms with Crippen molar-refractivity contribution in [1.82, 2.24) is 23.9 Å². The average molecular weight is 428 g/mol. The van der Waals surface area contributed by atoms with Crippen LogP contribution in [0.15, 0.2) is 6.20 Å². The van der Waals surface area contributed by atoms with Crippen molar-refractivity contribution < 1.29 is 13.2 Å². The van der Waals surface area contributed by atoms with Gasteiger partial charge in [-0.3, -0.25) is 9.58 Å². The lowest BCUT2D eigenvalue weighted by molar-refractivity contribution is 0.00274. The van der Waals surface area contributed by atoms with Crippen LogP contribution < -0.4 is 0 Å². The van der Waals surface area contributed by atoms with E-state index in [1.54, 1.807) is 4.31 Å². The zero-order chi connectivity index (χ0) is 21.0. The lowest BCUT2D eigenvalue weighted by atomic mass is 9.99. The van der Waals surface area contributed by atoms with E-state index in [0.29, 0.717) is 19.1 Å². The first-order chi connectivity index (χ1) is 13.8. The molecule has 3 rings (SSSR count). The van der Waals surface area contributed by atoms with Crippen molar-refractivity contribution in [1.29, 1.82) is 0 Å². The molecule has 0 aliphatic carbocycles. The molecule has 1 aromatic heterocycles. The van der Waals surface area contributed by atoms with Crippen LogP contribution in [0.25, 0.3) is 0 Å². The minimum absolute atomic E-state index is 0.287. The number of hydrogen-bond donors (Lipinski definition) is 0. The van der Waals surface area contributed by atoms with Crippen LogP contribution in [-0.4, -0.2) is 97.1 Å². The smallest absolute Gasteiger partial charge is 0.211 e. The van der Waals surface area contributed by atoms with Crippen LogP contribution in [0.4, 0.5) is 0 Å². The number of hydrogen-bond acceptors (Lipinski definition) is 6. The van der Waals surface area contributed by atoms with Gasteiger partial charge in [-0.2, -0.15) is 5.10 Å². The molecule has 29 heavy (non-hydrogen) atoms. The summed E-state index contributed by atoms with van der Waals surface area (Å²) in [6, 6.07) is 0.761. The Morgan fingerprint density at radius 2 is 1.93 bits per heavy atom. The van der Waals surface area contributed by atoms with Crippen LogP contribution in [0.3, 0.4) is 0 Å². The fourth-order valence-electron chi connectivity index (χ4n) is 4.53. The summed E-state index contributed by atoms with van der Waals surface area (Å²) in [5.41, 5.74) is 2.46. The summed E-state index contributed by atoms with van der Waals surface area (Å²) in [5.74, 6) is 0. The van der Waals surface area contributed by atoms with Crippen molar-refractivity contribution in [3.63, 3.8) is 0 Å². The van der Waals surface area contributed by atoms with Gasteiger partial charge in [0.2, 0.25) is 10.0 Å². The number of piperidine rings is 1. The Morgan fingerprint density at radius 1 is 1.21 bits per heavy atom. The van der Waals surface area contributed by atoms with Gasteiger partial charge in [0.1, 0.15) is 0 Å². The molecular weight excluding hydrogens is 390 g/mol. The van der Waals surface area contributed by atoms with Crippen LogP contribution in [0, 0.1) is 6.92 Å². The van der Waals surface area contributed by atoms with Gasteiger partial charge in [-0.15, -0.1) is 0 Å². The number of aryl methyl sites for hydroxylation is 1. The highest BCUT2D eigenvalue weighted by molar-refractivity contribution is 7.88. The van der Waals surface area contributed by atoms with E-state index in [-0.39, 0.29) is 6.04 Å². The summed E-state index contributed by atoms with van der Waals surface area (Å²) in [6.45, 7) is 7.74. The van der Waals surface area contributed by atoms with Gasteiger partial charge in [-0.05, 0) is 39.7 Å². The van der Waals surface area contributed by atoms with Crippen molar-refractivity contribution in [3.05, 3.63) is 17.5 Å². The maximum Gasteiger partial charge on any atom is 0.211 e. The van der Waals surface area contributed by atoms with E-state index in [0.717, 1.165) is 58.5 Å². The molecule has 2 fully saturated rings. The van der Waals surface area contributed by atoms with Crippen molar-refractivity contribution >= 4 is 10.0 Å². The first-order valence-corrected chi connectivity index (χ1v) is 12.5. The highest BCUT2D eigenvalue weighted by atomic mass is 32.2. The third-order valence-electron chi connectivity index (χ3n) is 6.47. The second kappa shape index (κ2) is 9.87.